The van der Waals surface area contributed by atoms with Crippen LogP contribution in [-0.4, -0.2) is 15.2 Å². The van der Waals surface area contributed by atoms with Crippen LogP contribution >= 0.6 is 22.6 Å². The van der Waals surface area contributed by atoms with Gasteiger partial charge in [0.2, 0.25) is 0 Å². The van der Waals surface area contributed by atoms with E-state index in [1.807, 2.05) is 32.2 Å². The third-order valence-corrected chi connectivity index (χ3v) is 3.88. The smallest absolute Gasteiger partial charge is 0.155 e. The second kappa shape index (κ2) is 4.80. The topological polar surface area (TPSA) is 53.6 Å². The zero-order chi connectivity index (χ0) is 13.4. The Morgan fingerprint density at radius 1 is 1.21 bits per heavy atom. The fourth-order valence-electron chi connectivity index (χ4n) is 1.96. The van der Waals surface area contributed by atoms with Crippen molar-refractivity contribution in [3.05, 3.63) is 45.3 Å². The molecule has 5 heteroatoms. The Balaban J connectivity index is 2.10. The lowest BCUT2D eigenvalue weighted by atomic mass is 10.2. The molecule has 0 atom stereocenters. The zero-order valence-electron chi connectivity index (χ0n) is 10.7. The summed E-state index contributed by atoms with van der Waals surface area (Å²) in [6, 6.07) is 8.19. The summed E-state index contributed by atoms with van der Waals surface area (Å²) in [5.74, 6) is 0.865. The van der Waals surface area contributed by atoms with Crippen molar-refractivity contribution in [1.82, 2.24) is 15.2 Å². The number of hydrogen-bond acceptors (Lipinski definition) is 3. The lowest BCUT2D eigenvalue weighted by molar-refractivity contribution is 1.05. The summed E-state index contributed by atoms with van der Waals surface area (Å²) in [5.41, 5.74) is 4.22. The molecule has 1 aromatic carbocycles. The van der Waals surface area contributed by atoms with Crippen molar-refractivity contribution in [2.75, 3.05) is 5.32 Å². The van der Waals surface area contributed by atoms with Gasteiger partial charge in [0.1, 0.15) is 0 Å². The zero-order valence-corrected chi connectivity index (χ0v) is 12.8. The third kappa shape index (κ3) is 2.30. The molecule has 19 heavy (non-hydrogen) atoms. The van der Waals surface area contributed by atoms with E-state index in [2.05, 4.69) is 55.2 Å². The van der Waals surface area contributed by atoms with E-state index in [1.54, 1.807) is 0 Å². The lowest BCUT2D eigenvalue weighted by Crippen LogP contribution is -1.95. The maximum Gasteiger partial charge on any atom is 0.155 e. The normalized spacial score (nSPS) is 10.9. The van der Waals surface area contributed by atoms with Gasteiger partial charge in [-0.05, 0) is 60.7 Å². The molecule has 96 valence electrons. The molecule has 4 nitrogen and oxygen atoms in total. The van der Waals surface area contributed by atoms with Gasteiger partial charge in [-0.1, -0.05) is 0 Å². The summed E-state index contributed by atoms with van der Waals surface area (Å²) >= 11 is 2.31. The van der Waals surface area contributed by atoms with Crippen molar-refractivity contribution in [3.63, 3.8) is 0 Å². The Morgan fingerprint density at radius 3 is 2.79 bits per heavy atom. The number of hydrogen-bond donors (Lipinski definition) is 2. The third-order valence-electron chi connectivity index (χ3n) is 3.21. The Hall–Kier alpha value is -1.63. The number of aromatic nitrogens is 3. The number of pyridine rings is 1. The number of H-pyrrole nitrogens is 1. The second-order valence-corrected chi connectivity index (χ2v) is 5.71. The number of aryl methyl sites for hydroxylation is 1. The molecule has 0 saturated carbocycles. The summed E-state index contributed by atoms with van der Waals surface area (Å²) in [6.07, 6.45) is 1.81. The Labute approximate surface area is 124 Å². The molecule has 0 fully saturated rings. The van der Waals surface area contributed by atoms with Gasteiger partial charge >= 0.3 is 0 Å². The van der Waals surface area contributed by atoms with E-state index in [-0.39, 0.29) is 0 Å². The van der Waals surface area contributed by atoms with Gasteiger partial charge in [-0.25, -0.2) is 0 Å². The predicted molar refractivity (Wildman–Crippen MR) is 85.8 cm³/mol. The number of benzene rings is 1. The molecule has 0 radical (unpaired) electrons. The predicted octanol–water partition coefficient (Wildman–Crippen LogP) is 3.92. The number of rotatable bonds is 2. The first-order valence-corrected chi connectivity index (χ1v) is 7.06. The van der Waals surface area contributed by atoms with Crippen LogP contribution in [0.1, 0.15) is 11.3 Å². The molecule has 0 unspecified atom stereocenters. The summed E-state index contributed by atoms with van der Waals surface area (Å²) in [7, 11) is 0. The molecule has 0 saturated heterocycles. The van der Waals surface area contributed by atoms with Crippen molar-refractivity contribution in [1.29, 1.82) is 0 Å². The van der Waals surface area contributed by atoms with Gasteiger partial charge < -0.3 is 5.32 Å². The molecule has 0 spiro atoms. The maximum atomic E-state index is 4.38. The standard InChI is InChI=1S/C14H13IN4/c1-8-9(2)18-19-14(8)17-13-5-6-16-12-4-3-10(15)7-11(12)13/h3-7H,1-2H3,(H2,16,17,18,19). The highest BCUT2D eigenvalue weighted by Gasteiger charge is 2.08. The van der Waals surface area contributed by atoms with E-state index in [9.17, 15) is 0 Å². The minimum Gasteiger partial charge on any atom is -0.338 e. The molecule has 3 rings (SSSR count). The first kappa shape index (κ1) is 12.4. The Bertz CT molecular complexity index is 748. The van der Waals surface area contributed by atoms with Crippen molar-refractivity contribution < 1.29 is 0 Å². The summed E-state index contributed by atoms with van der Waals surface area (Å²) < 4.78 is 1.19. The SMILES string of the molecule is Cc1[nH]nc(Nc2ccnc3ccc(I)cc23)c1C. The monoisotopic (exact) mass is 364 g/mol. The maximum absolute atomic E-state index is 4.38. The molecule has 2 aromatic heterocycles. The van der Waals surface area contributed by atoms with E-state index < -0.39 is 0 Å². The van der Waals surface area contributed by atoms with Gasteiger partial charge in [0.15, 0.2) is 5.82 Å². The van der Waals surface area contributed by atoms with Gasteiger partial charge in [0.05, 0.1) is 11.2 Å². The second-order valence-electron chi connectivity index (χ2n) is 4.47. The van der Waals surface area contributed by atoms with E-state index in [4.69, 9.17) is 0 Å². The average Bonchev–Trinajstić information content (AvgIpc) is 2.71. The van der Waals surface area contributed by atoms with Crippen molar-refractivity contribution in [2.24, 2.45) is 0 Å². The number of fused-ring (bicyclic) bond motifs is 1. The van der Waals surface area contributed by atoms with Crippen molar-refractivity contribution >= 4 is 45.0 Å². The fraction of sp³-hybridized carbons (Fsp3) is 0.143. The highest BCUT2D eigenvalue weighted by Crippen LogP contribution is 2.27. The van der Waals surface area contributed by atoms with E-state index in [0.717, 1.165) is 33.7 Å². The van der Waals surface area contributed by atoms with Gasteiger partial charge in [0.25, 0.3) is 0 Å². The lowest BCUT2D eigenvalue weighted by Gasteiger charge is -2.08. The number of nitrogens with zero attached hydrogens (tertiary/aromatic N) is 2. The van der Waals surface area contributed by atoms with Crippen molar-refractivity contribution in [2.45, 2.75) is 13.8 Å². The van der Waals surface area contributed by atoms with Crippen molar-refractivity contribution in [3.8, 4) is 0 Å². The van der Waals surface area contributed by atoms with E-state index in [1.165, 1.54) is 3.57 Å². The molecule has 0 aliphatic heterocycles. The van der Waals surface area contributed by atoms with Crippen LogP contribution in [-0.2, 0) is 0 Å². The van der Waals surface area contributed by atoms with Gasteiger partial charge in [0, 0.05) is 26.4 Å². The van der Waals surface area contributed by atoms with Gasteiger partial charge in [-0.15, -0.1) is 0 Å². The molecule has 0 aliphatic carbocycles. The van der Waals surface area contributed by atoms with Crippen LogP contribution in [0.15, 0.2) is 30.5 Å². The van der Waals surface area contributed by atoms with Crippen LogP contribution < -0.4 is 5.32 Å². The van der Waals surface area contributed by atoms with E-state index >= 15 is 0 Å². The number of nitrogens with one attached hydrogen (secondary N) is 2. The van der Waals surface area contributed by atoms with Crippen LogP contribution in [0.25, 0.3) is 10.9 Å². The summed E-state index contributed by atoms with van der Waals surface area (Å²) in [6.45, 7) is 4.06. The van der Waals surface area contributed by atoms with Crippen LogP contribution in [0, 0.1) is 17.4 Å². The van der Waals surface area contributed by atoms with E-state index in [0.29, 0.717) is 0 Å². The fourth-order valence-corrected chi connectivity index (χ4v) is 2.45. The van der Waals surface area contributed by atoms with Crippen LogP contribution in [0.5, 0.6) is 0 Å². The number of aromatic amines is 1. The van der Waals surface area contributed by atoms with Gasteiger partial charge in [-0.2, -0.15) is 5.10 Å². The Kier molecular flexibility index (Phi) is 3.14. The molecule has 0 aliphatic rings. The minimum absolute atomic E-state index is 0.865. The Morgan fingerprint density at radius 2 is 2.05 bits per heavy atom. The molecule has 2 heterocycles. The number of halogens is 1. The molecule has 2 N–H and O–H groups in total. The molecular formula is C14H13IN4. The highest BCUT2D eigenvalue weighted by molar-refractivity contribution is 14.1. The van der Waals surface area contributed by atoms with Crippen LogP contribution in [0.2, 0.25) is 0 Å². The molecule has 0 amide bonds. The van der Waals surface area contributed by atoms with Crippen LogP contribution in [0.3, 0.4) is 0 Å². The first-order chi connectivity index (χ1) is 9.15. The average molecular weight is 364 g/mol. The molecule has 3 aromatic rings. The first-order valence-electron chi connectivity index (χ1n) is 5.98. The quantitative estimate of drug-likeness (QED) is 0.678. The summed E-state index contributed by atoms with van der Waals surface area (Å²) in [4.78, 5) is 4.38. The van der Waals surface area contributed by atoms with Crippen LogP contribution in [0.4, 0.5) is 11.5 Å². The molecular weight excluding hydrogens is 351 g/mol. The highest BCUT2D eigenvalue weighted by atomic mass is 127. The molecule has 0 bridgehead atoms. The largest absolute Gasteiger partial charge is 0.338 e. The number of anilines is 2. The van der Waals surface area contributed by atoms with Gasteiger partial charge in [-0.3, -0.25) is 10.1 Å². The minimum atomic E-state index is 0.865. The summed E-state index contributed by atoms with van der Waals surface area (Å²) in [5, 5.41) is 11.8.